The van der Waals surface area contributed by atoms with Gasteiger partial charge in [0.15, 0.2) is 11.5 Å². The Morgan fingerprint density at radius 1 is 1.25 bits per heavy atom. The number of thioether (sulfide) groups is 1. The standard InChI is InChI=1S/C16H23N3O4S/c1-9(2)15(17)16(21)18-8-14(20)19-10-6-11-12(7-13(10)24-3)23-5-4-22-11/h6-7,9,15H,4-5,8,17H2,1-3H3,(H,18,21)(H,19,20)/t15-/m0/s1. The first kappa shape index (κ1) is 18.4. The molecule has 1 aromatic rings. The van der Waals surface area contributed by atoms with Gasteiger partial charge in [0.1, 0.15) is 13.2 Å². The van der Waals surface area contributed by atoms with E-state index in [2.05, 4.69) is 10.6 Å². The fourth-order valence-corrected chi connectivity index (χ4v) is 2.67. The Morgan fingerprint density at radius 3 is 2.46 bits per heavy atom. The average molecular weight is 353 g/mol. The monoisotopic (exact) mass is 353 g/mol. The molecule has 1 aliphatic rings. The van der Waals surface area contributed by atoms with Crippen LogP contribution in [0.2, 0.25) is 0 Å². The molecule has 132 valence electrons. The van der Waals surface area contributed by atoms with Crippen molar-refractivity contribution in [1.29, 1.82) is 0 Å². The molecule has 24 heavy (non-hydrogen) atoms. The molecule has 0 saturated carbocycles. The summed E-state index contributed by atoms with van der Waals surface area (Å²) in [5.41, 5.74) is 6.37. The number of benzene rings is 1. The van der Waals surface area contributed by atoms with Gasteiger partial charge in [0, 0.05) is 11.0 Å². The third-order valence-corrected chi connectivity index (χ3v) is 4.36. The van der Waals surface area contributed by atoms with Crippen LogP contribution in [0.3, 0.4) is 0 Å². The van der Waals surface area contributed by atoms with Gasteiger partial charge in [-0.15, -0.1) is 11.8 Å². The lowest BCUT2D eigenvalue weighted by molar-refractivity contribution is -0.125. The molecule has 0 fully saturated rings. The van der Waals surface area contributed by atoms with Crippen LogP contribution in [-0.4, -0.2) is 43.9 Å². The summed E-state index contributed by atoms with van der Waals surface area (Å²) in [6, 6.07) is 2.94. The molecule has 1 aliphatic heterocycles. The van der Waals surface area contributed by atoms with Crippen molar-refractivity contribution >= 4 is 29.3 Å². The predicted octanol–water partition coefficient (Wildman–Crippen LogP) is 1.22. The van der Waals surface area contributed by atoms with Crippen LogP contribution in [0.25, 0.3) is 0 Å². The fourth-order valence-electron chi connectivity index (χ4n) is 2.12. The van der Waals surface area contributed by atoms with Gasteiger partial charge in [-0.3, -0.25) is 9.59 Å². The molecule has 0 saturated heterocycles. The number of hydrogen-bond donors (Lipinski definition) is 3. The Kier molecular flexibility index (Phi) is 6.33. The van der Waals surface area contributed by atoms with Gasteiger partial charge in [0.05, 0.1) is 18.3 Å². The molecule has 0 unspecified atom stereocenters. The molecular weight excluding hydrogens is 330 g/mol. The van der Waals surface area contributed by atoms with E-state index in [-0.39, 0.29) is 24.3 Å². The molecule has 0 radical (unpaired) electrons. The SMILES string of the molecule is CSc1cc2c(cc1NC(=O)CNC(=O)[C@@H](N)C(C)C)OCCO2. The first-order valence-electron chi connectivity index (χ1n) is 7.73. The maximum Gasteiger partial charge on any atom is 0.243 e. The molecule has 1 heterocycles. The van der Waals surface area contributed by atoms with E-state index >= 15 is 0 Å². The van der Waals surface area contributed by atoms with E-state index in [0.29, 0.717) is 30.4 Å². The van der Waals surface area contributed by atoms with Crippen molar-refractivity contribution in [3.63, 3.8) is 0 Å². The summed E-state index contributed by atoms with van der Waals surface area (Å²) in [6.07, 6.45) is 1.91. The van der Waals surface area contributed by atoms with Gasteiger partial charge in [0.25, 0.3) is 0 Å². The third-order valence-electron chi connectivity index (χ3n) is 3.58. The minimum Gasteiger partial charge on any atom is -0.486 e. The molecule has 2 amide bonds. The summed E-state index contributed by atoms with van der Waals surface area (Å²) in [4.78, 5) is 24.8. The number of carbonyl (C=O) groups excluding carboxylic acids is 2. The van der Waals surface area contributed by atoms with Crippen LogP contribution in [0.4, 0.5) is 5.69 Å². The van der Waals surface area contributed by atoms with Crippen LogP contribution in [0.15, 0.2) is 17.0 Å². The second-order valence-electron chi connectivity index (χ2n) is 5.73. The van der Waals surface area contributed by atoms with Crippen molar-refractivity contribution in [3.8, 4) is 11.5 Å². The lowest BCUT2D eigenvalue weighted by Crippen LogP contribution is -2.46. The number of carbonyl (C=O) groups is 2. The molecule has 1 atom stereocenters. The summed E-state index contributed by atoms with van der Waals surface area (Å²) >= 11 is 1.49. The highest BCUT2D eigenvalue weighted by atomic mass is 32.2. The Hall–Kier alpha value is -1.93. The number of rotatable bonds is 6. The van der Waals surface area contributed by atoms with Crippen molar-refractivity contribution in [1.82, 2.24) is 5.32 Å². The number of nitrogens with two attached hydrogens (primary N) is 1. The van der Waals surface area contributed by atoms with E-state index in [9.17, 15) is 9.59 Å². The van der Waals surface area contributed by atoms with Gasteiger partial charge >= 0.3 is 0 Å². The summed E-state index contributed by atoms with van der Waals surface area (Å²) in [5, 5.41) is 5.33. The molecule has 0 spiro atoms. The number of nitrogens with one attached hydrogen (secondary N) is 2. The minimum absolute atomic E-state index is 0.00829. The number of anilines is 1. The van der Waals surface area contributed by atoms with Crippen molar-refractivity contribution in [3.05, 3.63) is 12.1 Å². The van der Waals surface area contributed by atoms with Gasteiger partial charge in [-0.05, 0) is 18.2 Å². The van der Waals surface area contributed by atoms with Gasteiger partial charge in [-0.2, -0.15) is 0 Å². The molecule has 0 aliphatic carbocycles. The van der Waals surface area contributed by atoms with Crippen LogP contribution in [0, 0.1) is 5.92 Å². The summed E-state index contributed by atoms with van der Waals surface area (Å²) in [6.45, 7) is 4.55. The molecule has 8 heteroatoms. The highest BCUT2D eigenvalue weighted by Gasteiger charge is 2.19. The van der Waals surface area contributed by atoms with Crippen LogP contribution < -0.4 is 25.8 Å². The normalized spacial score (nSPS) is 14.2. The first-order valence-corrected chi connectivity index (χ1v) is 8.95. The smallest absolute Gasteiger partial charge is 0.243 e. The van der Waals surface area contributed by atoms with Crippen molar-refractivity contribution in [2.24, 2.45) is 11.7 Å². The lowest BCUT2D eigenvalue weighted by Gasteiger charge is -2.21. The molecule has 0 bridgehead atoms. The van der Waals surface area contributed by atoms with E-state index in [4.69, 9.17) is 15.2 Å². The zero-order valence-corrected chi connectivity index (χ0v) is 14.9. The lowest BCUT2D eigenvalue weighted by atomic mass is 10.1. The maximum absolute atomic E-state index is 12.1. The van der Waals surface area contributed by atoms with Crippen LogP contribution >= 0.6 is 11.8 Å². The fraction of sp³-hybridized carbons (Fsp3) is 0.500. The average Bonchev–Trinajstić information content (AvgIpc) is 2.58. The maximum atomic E-state index is 12.1. The van der Waals surface area contributed by atoms with Crippen molar-refractivity contribution in [2.45, 2.75) is 24.8 Å². The Labute approximate surface area is 145 Å². The van der Waals surface area contributed by atoms with Crippen molar-refractivity contribution < 1.29 is 19.1 Å². The largest absolute Gasteiger partial charge is 0.486 e. The van der Waals surface area contributed by atoms with E-state index in [1.54, 1.807) is 6.07 Å². The van der Waals surface area contributed by atoms with E-state index in [1.165, 1.54) is 11.8 Å². The van der Waals surface area contributed by atoms with Crippen LogP contribution in [0.1, 0.15) is 13.8 Å². The summed E-state index contributed by atoms with van der Waals surface area (Å²) in [7, 11) is 0. The van der Waals surface area contributed by atoms with Gasteiger partial charge in [0.2, 0.25) is 11.8 Å². The summed E-state index contributed by atoms with van der Waals surface area (Å²) < 4.78 is 11.1. The zero-order chi connectivity index (χ0) is 17.7. The number of ether oxygens (including phenoxy) is 2. The van der Waals surface area contributed by atoms with Crippen LogP contribution in [0.5, 0.6) is 11.5 Å². The molecular formula is C16H23N3O4S. The van der Waals surface area contributed by atoms with Gasteiger partial charge < -0.3 is 25.8 Å². The van der Waals surface area contributed by atoms with E-state index in [1.807, 2.05) is 26.2 Å². The quantitative estimate of drug-likeness (QED) is 0.665. The van der Waals surface area contributed by atoms with Crippen LogP contribution in [-0.2, 0) is 9.59 Å². The molecule has 2 rings (SSSR count). The third kappa shape index (κ3) is 4.55. The predicted molar refractivity (Wildman–Crippen MR) is 93.7 cm³/mol. The topological polar surface area (TPSA) is 103 Å². The number of amides is 2. The molecule has 1 aromatic carbocycles. The molecule has 0 aromatic heterocycles. The van der Waals surface area contributed by atoms with Gasteiger partial charge in [-0.1, -0.05) is 13.8 Å². The number of hydrogen-bond acceptors (Lipinski definition) is 6. The van der Waals surface area contributed by atoms with E-state index in [0.717, 1.165) is 4.90 Å². The van der Waals surface area contributed by atoms with Gasteiger partial charge in [-0.25, -0.2) is 0 Å². The zero-order valence-electron chi connectivity index (χ0n) is 14.0. The van der Waals surface area contributed by atoms with Crippen molar-refractivity contribution in [2.75, 3.05) is 31.3 Å². The Morgan fingerprint density at radius 2 is 1.88 bits per heavy atom. The van der Waals surface area contributed by atoms with E-state index < -0.39 is 6.04 Å². The number of fused-ring (bicyclic) bond motifs is 1. The first-order chi connectivity index (χ1) is 11.4. The second-order valence-corrected chi connectivity index (χ2v) is 6.58. The summed E-state index contributed by atoms with van der Waals surface area (Å²) in [5.74, 6) is 0.604. The Bertz CT molecular complexity index is 622. The molecule has 7 nitrogen and oxygen atoms in total. The second kappa shape index (κ2) is 8.25. The molecule has 4 N–H and O–H groups in total. The Balaban J connectivity index is 1.99. The highest BCUT2D eigenvalue weighted by Crippen LogP contribution is 2.39. The minimum atomic E-state index is -0.631. The highest BCUT2D eigenvalue weighted by molar-refractivity contribution is 7.98.